The van der Waals surface area contributed by atoms with Crippen molar-refractivity contribution in [1.29, 1.82) is 0 Å². The van der Waals surface area contributed by atoms with Gasteiger partial charge in [0.2, 0.25) is 0 Å². The molecule has 0 N–H and O–H groups in total. The maximum Gasteiger partial charge on any atom is 0.198 e. The molecule has 0 fully saturated rings. The van der Waals surface area contributed by atoms with Gasteiger partial charge in [-0.05, 0) is 46.3 Å². The van der Waals surface area contributed by atoms with Gasteiger partial charge in [0.1, 0.15) is 11.5 Å². The number of halogens is 3. The highest BCUT2D eigenvalue weighted by Crippen LogP contribution is 2.35. The first-order chi connectivity index (χ1) is 9.97. The molecule has 0 saturated carbocycles. The first-order valence-corrected chi connectivity index (χ1v) is 7.44. The third-order valence-corrected chi connectivity index (χ3v) is 4.06. The van der Waals surface area contributed by atoms with Crippen LogP contribution in [0.3, 0.4) is 0 Å². The third kappa shape index (κ3) is 3.34. The van der Waals surface area contributed by atoms with E-state index in [2.05, 4.69) is 15.9 Å². The van der Waals surface area contributed by atoms with Gasteiger partial charge in [-0.15, -0.1) is 0 Å². The van der Waals surface area contributed by atoms with Gasteiger partial charge in [-0.1, -0.05) is 23.2 Å². The molecule has 0 aliphatic carbocycles. The lowest BCUT2D eigenvalue weighted by Gasteiger charge is -2.12. The van der Waals surface area contributed by atoms with Crippen LogP contribution < -0.4 is 9.47 Å². The van der Waals surface area contributed by atoms with E-state index in [1.807, 2.05) is 0 Å². The second-order valence-corrected chi connectivity index (χ2v) is 5.84. The normalized spacial score (nSPS) is 10.3. The van der Waals surface area contributed by atoms with Gasteiger partial charge in [-0.2, -0.15) is 0 Å². The molecule has 2 aromatic rings. The van der Waals surface area contributed by atoms with Crippen LogP contribution in [0, 0.1) is 0 Å². The molecule has 0 spiro atoms. The largest absolute Gasteiger partial charge is 0.496 e. The Morgan fingerprint density at radius 2 is 1.67 bits per heavy atom. The molecule has 0 aliphatic heterocycles. The van der Waals surface area contributed by atoms with E-state index in [-0.39, 0.29) is 10.8 Å². The van der Waals surface area contributed by atoms with Crippen LogP contribution >= 0.6 is 39.1 Å². The molecular formula is C15H11BrCl2O3. The minimum absolute atomic E-state index is 0.265. The average Bonchev–Trinajstić information content (AvgIpc) is 2.46. The van der Waals surface area contributed by atoms with Crippen molar-refractivity contribution in [3.63, 3.8) is 0 Å². The minimum Gasteiger partial charge on any atom is -0.496 e. The minimum atomic E-state index is -0.265. The second-order valence-electron chi connectivity index (χ2n) is 4.14. The molecular weight excluding hydrogens is 379 g/mol. The van der Waals surface area contributed by atoms with Gasteiger partial charge in [0, 0.05) is 10.6 Å². The lowest BCUT2D eigenvalue weighted by molar-refractivity contribution is 0.103. The van der Waals surface area contributed by atoms with Crippen molar-refractivity contribution in [2.75, 3.05) is 14.2 Å². The Morgan fingerprint density at radius 3 is 2.24 bits per heavy atom. The molecule has 0 aliphatic rings. The van der Waals surface area contributed by atoms with E-state index in [9.17, 15) is 4.79 Å². The van der Waals surface area contributed by atoms with Crippen LogP contribution in [0.5, 0.6) is 11.5 Å². The number of hydrogen-bond donors (Lipinski definition) is 0. The van der Waals surface area contributed by atoms with Gasteiger partial charge in [0.15, 0.2) is 5.78 Å². The van der Waals surface area contributed by atoms with Crippen molar-refractivity contribution < 1.29 is 14.3 Å². The van der Waals surface area contributed by atoms with Gasteiger partial charge in [0.05, 0.1) is 29.3 Å². The second kappa shape index (κ2) is 6.69. The summed E-state index contributed by atoms with van der Waals surface area (Å²) in [5.74, 6) is 0.697. The molecule has 0 atom stereocenters. The van der Waals surface area contributed by atoms with Crippen LogP contribution in [0.2, 0.25) is 10.0 Å². The summed E-state index contributed by atoms with van der Waals surface area (Å²) in [5.41, 5.74) is 0.713. The fourth-order valence-electron chi connectivity index (χ4n) is 1.86. The predicted molar refractivity (Wildman–Crippen MR) is 87.1 cm³/mol. The summed E-state index contributed by atoms with van der Waals surface area (Å²) >= 11 is 15.3. The van der Waals surface area contributed by atoms with Gasteiger partial charge in [0.25, 0.3) is 0 Å². The lowest BCUT2D eigenvalue weighted by atomic mass is 10.0. The summed E-state index contributed by atoms with van der Waals surface area (Å²) in [7, 11) is 3.02. The lowest BCUT2D eigenvalue weighted by Crippen LogP contribution is -2.05. The van der Waals surface area contributed by atoms with E-state index in [1.54, 1.807) is 24.3 Å². The van der Waals surface area contributed by atoms with Crippen LogP contribution in [0.25, 0.3) is 0 Å². The molecule has 2 aromatic carbocycles. The highest BCUT2D eigenvalue weighted by atomic mass is 79.9. The molecule has 0 heterocycles. The van der Waals surface area contributed by atoms with E-state index in [0.717, 1.165) is 0 Å². The van der Waals surface area contributed by atoms with Gasteiger partial charge in [-0.3, -0.25) is 4.79 Å². The average molecular weight is 390 g/mol. The quantitative estimate of drug-likeness (QED) is 0.690. The van der Waals surface area contributed by atoms with E-state index in [1.165, 1.54) is 20.3 Å². The Kier molecular flexibility index (Phi) is 5.14. The van der Waals surface area contributed by atoms with Crippen LogP contribution in [0.15, 0.2) is 34.8 Å². The molecule has 2 rings (SSSR count). The topological polar surface area (TPSA) is 35.5 Å². The number of benzene rings is 2. The van der Waals surface area contributed by atoms with Crippen LogP contribution in [0.4, 0.5) is 0 Å². The summed E-state index contributed by atoms with van der Waals surface area (Å²) in [6.07, 6.45) is 0. The number of rotatable bonds is 4. The number of carbonyl (C=O) groups excluding carboxylic acids is 1. The van der Waals surface area contributed by atoms with Gasteiger partial charge in [-0.25, -0.2) is 0 Å². The third-order valence-electron chi connectivity index (χ3n) is 2.89. The van der Waals surface area contributed by atoms with Crippen molar-refractivity contribution in [3.8, 4) is 11.5 Å². The molecule has 0 radical (unpaired) electrons. The number of hydrogen-bond acceptors (Lipinski definition) is 3. The molecule has 110 valence electrons. The molecule has 3 nitrogen and oxygen atoms in total. The van der Waals surface area contributed by atoms with Crippen LogP contribution in [-0.2, 0) is 0 Å². The Labute approximate surface area is 140 Å². The first kappa shape index (κ1) is 16.1. The van der Waals surface area contributed by atoms with E-state index in [0.29, 0.717) is 32.1 Å². The standard InChI is InChI=1S/C15H11BrCl2O3/c1-20-13-7-11(16)14(21-2)6-10(13)15(19)9-4-3-8(17)5-12(9)18/h3-7H,1-2H3. The SMILES string of the molecule is COc1cc(C(=O)c2ccc(Cl)cc2Cl)c(OC)cc1Br. The zero-order chi connectivity index (χ0) is 15.6. The molecule has 0 unspecified atom stereocenters. The van der Waals surface area contributed by atoms with E-state index >= 15 is 0 Å². The zero-order valence-corrected chi connectivity index (χ0v) is 14.3. The Morgan fingerprint density at radius 1 is 1.00 bits per heavy atom. The first-order valence-electron chi connectivity index (χ1n) is 5.89. The molecule has 0 bridgehead atoms. The van der Waals surface area contributed by atoms with Crippen molar-refractivity contribution >= 4 is 44.9 Å². The van der Waals surface area contributed by atoms with Gasteiger partial charge < -0.3 is 9.47 Å². The summed E-state index contributed by atoms with van der Waals surface area (Å²) in [5, 5.41) is 0.758. The Hall–Kier alpha value is -1.23. The van der Waals surface area contributed by atoms with Crippen LogP contribution in [0.1, 0.15) is 15.9 Å². The van der Waals surface area contributed by atoms with Crippen molar-refractivity contribution in [2.24, 2.45) is 0 Å². The highest BCUT2D eigenvalue weighted by Gasteiger charge is 2.20. The van der Waals surface area contributed by atoms with Crippen molar-refractivity contribution in [3.05, 3.63) is 56.0 Å². The monoisotopic (exact) mass is 388 g/mol. The molecule has 0 aromatic heterocycles. The van der Waals surface area contributed by atoms with E-state index < -0.39 is 0 Å². The fourth-order valence-corrected chi connectivity index (χ4v) is 2.84. The summed E-state index contributed by atoms with van der Waals surface area (Å²) in [4.78, 5) is 12.7. The number of carbonyl (C=O) groups is 1. The Balaban J connectivity index is 2.56. The fraction of sp³-hybridized carbons (Fsp3) is 0.133. The molecule has 21 heavy (non-hydrogen) atoms. The highest BCUT2D eigenvalue weighted by molar-refractivity contribution is 9.10. The maximum atomic E-state index is 12.7. The maximum absolute atomic E-state index is 12.7. The number of ketones is 1. The molecule has 0 saturated heterocycles. The Bertz CT molecular complexity index is 702. The molecule has 0 amide bonds. The summed E-state index contributed by atoms with van der Waals surface area (Å²) in [6, 6.07) is 8.01. The summed E-state index contributed by atoms with van der Waals surface area (Å²) in [6.45, 7) is 0. The number of methoxy groups -OCH3 is 2. The van der Waals surface area contributed by atoms with Crippen molar-refractivity contribution in [1.82, 2.24) is 0 Å². The number of ether oxygens (including phenoxy) is 2. The predicted octanol–water partition coefficient (Wildman–Crippen LogP) is 5.00. The van der Waals surface area contributed by atoms with Crippen LogP contribution in [-0.4, -0.2) is 20.0 Å². The van der Waals surface area contributed by atoms with Gasteiger partial charge >= 0.3 is 0 Å². The smallest absolute Gasteiger partial charge is 0.198 e. The van der Waals surface area contributed by atoms with Crippen molar-refractivity contribution in [2.45, 2.75) is 0 Å². The zero-order valence-electron chi connectivity index (χ0n) is 11.2. The summed E-state index contributed by atoms with van der Waals surface area (Å²) < 4.78 is 11.2. The van der Waals surface area contributed by atoms with E-state index in [4.69, 9.17) is 32.7 Å². The molecule has 6 heteroatoms.